The maximum atomic E-state index is 10.8. The molecule has 0 saturated heterocycles. The number of thiocarbonyl (C=S) groups is 1. The van der Waals surface area contributed by atoms with Crippen LogP contribution in [0.5, 0.6) is 0 Å². The lowest BCUT2D eigenvalue weighted by atomic mass is 10.6. The van der Waals surface area contributed by atoms with Crippen molar-refractivity contribution in [3.05, 3.63) is 0 Å². The van der Waals surface area contributed by atoms with Crippen LogP contribution in [-0.2, 0) is 9.84 Å². The van der Waals surface area contributed by atoms with Crippen LogP contribution in [-0.4, -0.2) is 49.5 Å². The molecule has 0 unspecified atom stereocenters. The monoisotopic (exact) mass is 241 g/mol. The molecule has 78 valence electrons. The molecule has 0 heterocycles. The van der Waals surface area contributed by atoms with Crippen LogP contribution in [0.4, 0.5) is 0 Å². The Balaban J connectivity index is 3.53. The lowest BCUT2D eigenvalue weighted by Gasteiger charge is -2.11. The van der Waals surface area contributed by atoms with Crippen molar-refractivity contribution in [1.29, 1.82) is 0 Å². The smallest absolute Gasteiger partial charge is 0.147 e. The fourth-order valence-electron chi connectivity index (χ4n) is 0.610. The molecule has 6 heteroatoms. The van der Waals surface area contributed by atoms with Crippen LogP contribution in [0.25, 0.3) is 0 Å². The SMILES string of the molecule is CN(C)C(=S)SCCCS(C)(=O)=O. The zero-order chi connectivity index (χ0) is 10.5. The van der Waals surface area contributed by atoms with Gasteiger partial charge in [0.1, 0.15) is 14.2 Å². The Hall–Kier alpha value is 0.190. The summed E-state index contributed by atoms with van der Waals surface area (Å²) in [6, 6.07) is 0. The summed E-state index contributed by atoms with van der Waals surface area (Å²) >= 11 is 6.54. The summed E-state index contributed by atoms with van der Waals surface area (Å²) in [6.45, 7) is 0. The van der Waals surface area contributed by atoms with Gasteiger partial charge >= 0.3 is 0 Å². The minimum Gasteiger partial charge on any atom is -0.364 e. The zero-order valence-corrected chi connectivity index (χ0v) is 10.6. The van der Waals surface area contributed by atoms with Crippen molar-refractivity contribution < 1.29 is 8.42 Å². The van der Waals surface area contributed by atoms with Gasteiger partial charge in [0.15, 0.2) is 0 Å². The summed E-state index contributed by atoms with van der Waals surface area (Å²) < 4.78 is 22.3. The molecular formula is C7H15NO2S3. The molecule has 0 aliphatic rings. The number of hydrogen-bond acceptors (Lipinski definition) is 4. The average Bonchev–Trinajstić information content (AvgIpc) is 1.95. The van der Waals surface area contributed by atoms with Gasteiger partial charge in [0.05, 0.1) is 5.75 Å². The minimum absolute atomic E-state index is 0.246. The highest BCUT2D eigenvalue weighted by molar-refractivity contribution is 8.22. The van der Waals surface area contributed by atoms with E-state index in [0.717, 1.165) is 10.1 Å². The third-order valence-electron chi connectivity index (χ3n) is 1.25. The number of hydrogen-bond donors (Lipinski definition) is 0. The highest BCUT2D eigenvalue weighted by Gasteiger charge is 2.03. The van der Waals surface area contributed by atoms with Crippen molar-refractivity contribution in [2.24, 2.45) is 0 Å². The minimum atomic E-state index is -2.81. The molecule has 0 fully saturated rings. The first kappa shape index (κ1) is 13.2. The van der Waals surface area contributed by atoms with E-state index in [1.807, 2.05) is 19.0 Å². The first-order valence-electron chi connectivity index (χ1n) is 3.85. The molecule has 0 aliphatic heterocycles. The van der Waals surface area contributed by atoms with Crippen molar-refractivity contribution in [3.8, 4) is 0 Å². The first-order chi connectivity index (χ1) is 5.83. The Labute approximate surface area is 89.8 Å². The normalized spacial score (nSPS) is 11.3. The van der Waals surface area contributed by atoms with Crippen molar-refractivity contribution in [1.82, 2.24) is 4.90 Å². The topological polar surface area (TPSA) is 37.4 Å². The van der Waals surface area contributed by atoms with E-state index in [1.54, 1.807) is 0 Å². The first-order valence-corrected chi connectivity index (χ1v) is 7.30. The molecule has 0 aliphatic carbocycles. The Bertz CT molecular complexity index is 259. The lowest BCUT2D eigenvalue weighted by Crippen LogP contribution is -2.16. The van der Waals surface area contributed by atoms with Crippen LogP contribution in [0.2, 0.25) is 0 Å². The van der Waals surface area contributed by atoms with E-state index in [9.17, 15) is 8.42 Å². The Morgan fingerprint density at radius 3 is 2.38 bits per heavy atom. The highest BCUT2D eigenvalue weighted by Crippen LogP contribution is 2.08. The van der Waals surface area contributed by atoms with Gasteiger partial charge in [0.25, 0.3) is 0 Å². The second kappa shape index (κ2) is 5.82. The van der Waals surface area contributed by atoms with Crippen molar-refractivity contribution in [2.45, 2.75) is 6.42 Å². The molecule has 0 spiro atoms. The van der Waals surface area contributed by atoms with Gasteiger partial charge in [-0.25, -0.2) is 8.42 Å². The van der Waals surface area contributed by atoms with Crippen molar-refractivity contribution in [3.63, 3.8) is 0 Å². The molecule has 0 rings (SSSR count). The largest absolute Gasteiger partial charge is 0.364 e. The molecule has 0 saturated carbocycles. The third-order valence-corrected chi connectivity index (χ3v) is 4.10. The Kier molecular flexibility index (Phi) is 5.91. The molecule has 0 radical (unpaired) electrons. The summed E-state index contributed by atoms with van der Waals surface area (Å²) in [5.74, 6) is 1.01. The van der Waals surface area contributed by atoms with Crippen LogP contribution in [0, 0.1) is 0 Å². The number of thioether (sulfide) groups is 1. The van der Waals surface area contributed by atoms with E-state index >= 15 is 0 Å². The molecule has 0 amide bonds. The van der Waals surface area contributed by atoms with Crippen LogP contribution in [0.3, 0.4) is 0 Å². The van der Waals surface area contributed by atoms with Crippen molar-refractivity contribution >= 4 is 38.1 Å². The van der Waals surface area contributed by atoms with E-state index < -0.39 is 9.84 Å². The summed E-state index contributed by atoms with van der Waals surface area (Å²) in [6.07, 6.45) is 1.92. The fourth-order valence-corrected chi connectivity index (χ4v) is 2.43. The predicted octanol–water partition coefficient (Wildman–Crippen LogP) is 1.00. The van der Waals surface area contributed by atoms with Gasteiger partial charge < -0.3 is 4.90 Å². The molecule has 0 bridgehead atoms. The fraction of sp³-hybridized carbons (Fsp3) is 0.857. The summed E-state index contributed by atoms with van der Waals surface area (Å²) in [4.78, 5) is 1.85. The third kappa shape index (κ3) is 8.52. The molecule has 0 aromatic rings. The van der Waals surface area contributed by atoms with Gasteiger partial charge in [-0.3, -0.25) is 0 Å². The van der Waals surface area contributed by atoms with Crippen LogP contribution in [0.15, 0.2) is 0 Å². The van der Waals surface area contributed by atoms with Crippen molar-refractivity contribution in [2.75, 3.05) is 31.9 Å². The van der Waals surface area contributed by atoms with E-state index in [2.05, 4.69) is 0 Å². The number of rotatable bonds is 4. The van der Waals surface area contributed by atoms with Gasteiger partial charge in [-0.15, -0.1) is 0 Å². The quantitative estimate of drug-likeness (QED) is 0.542. The molecule has 0 atom stereocenters. The molecule has 0 aromatic heterocycles. The Morgan fingerprint density at radius 2 is 2.00 bits per heavy atom. The molecule has 0 N–H and O–H groups in total. The summed E-state index contributed by atoms with van der Waals surface area (Å²) in [5.41, 5.74) is 0. The average molecular weight is 241 g/mol. The van der Waals surface area contributed by atoms with Crippen LogP contribution >= 0.6 is 24.0 Å². The number of sulfone groups is 1. The van der Waals surface area contributed by atoms with Gasteiger partial charge in [0.2, 0.25) is 0 Å². The zero-order valence-electron chi connectivity index (χ0n) is 8.11. The Morgan fingerprint density at radius 1 is 1.46 bits per heavy atom. The van der Waals surface area contributed by atoms with E-state index in [0.29, 0.717) is 6.42 Å². The van der Waals surface area contributed by atoms with Crippen LogP contribution < -0.4 is 0 Å². The van der Waals surface area contributed by atoms with E-state index in [1.165, 1.54) is 18.0 Å². The molecule has 13 heavy (non-hydrogen) atoms. The predicted molar refractivity (Wildman–Crippen MR) is 63.1 cm³/mol. The second-order valence-electron chi connectivity index (χ2n) is 2.99. The van der Waals surface area contributed by atoms with Gasteiger partial charge in [0, 0.05) is 26.1 Å². The van der Waals surface area contributed by atoms with E-state index in [4.69, 9.17) is 12.2 Å². The van der Waals surface area contributed by atoms with E-state index in [-0.39, 0.29) is 5.75 Å². The maximum Gasteiger partial charge on any atom is 0.147 e. The second-order valence-corrected chi connectivity index (χ2v) is 6.98. The number of nitrogens with zero attached hydrogens (tertiary/aromatic N) is 1. The van der Waals surface area contributed by atoms with Gasteiger partial charge in [-0.2, -0.15) is 0 Å². The highest BCUT2D eigenvalue weighted by atomic mass is 32.2. The van der Waals surface area contributed by atoms with Gasteiger partial charge in [-0.1, -0.05) is 24.0 Å². The molecular weight excluding hydrogens is 226 g/mol. The molecule has 3 nitrogen and oxygen atoms in total. The van der Waals surface area contributed by atoms with Crippen LogP contribution in [0.1, 0.15) is 6.42 Å². The standard InChI is InChI=1S/C7H15NO2S3/c1-8(2)7(11)12-5-4-6-13(3,9)10/h4-6H2,1-3H3. The maximum absolute atomic E-state index is 10.8. The summed E-state index contributed by atoms with van der Waals surface area (Å²) in [7, 11) is 0.949. The lowest BCUT2D eigenvalue weighted by molar-refractivity contribution is 0.600. The molecule has 0 aromatic carbocycles. The van der Waals surface area contributed by atoms with Gasteiger partial charge in [-0.05, 0) is 6.42 Å². The summed E-state index contributed by atoms with van der Waals surface area (Å²) in [5, 5.41) is 0.